The third kappa shape index (κ3) is 5.00. The van der Waals surface area contributed by atoms with Crippen LogP contribution in [0.4, 0.5) is 0 Å². The summed E-state index contributed by atoms with van der Waals surface area (Å²) >= 11 is 12.1. The summed E-state index contributed by atoms with van der Waals surface area (Å²) in [4.78, 5) is 39.4. The number of hydrogen-bond donors (Lipinski definition) is 2. The topological polar surface area (TPSA) is 102 Å². The predicted octanol–water partition coefficient (Wildman–Crippen LogP) is 4.20. The second-order valence-corrected chi connectivity index (χ2v) is 10.2. The maximum absolute atomic E-state index is 13.2. The van der Waals surface area contributed by atoms with Gasteiger partial charge in [0.25, 0.3) is 11.8 Å². The van der Waals surface area contributed by atoms with Gasteiger partial charge in [-0.15, -0.1) is 0 Å². The maximum Gasteiger partial charge on any atom is 0.263 e. The summed E-state index contributed by atoms with van der Waals surface area (Å²) in [6.45, 7) is 3.38. The molecule has 3 atom stereocenters. The first kappa shape index (κ1) is 24.4. The molecule has 0 aliphatic carbocycles. The van der Waals surface area contributed by atoms with E-state index in [0.29, 0.717) is 39.8 Å². The van der Waals surface area contributed by atoms with Gasteiger partial charge in [0, 0.05) is 34.3 Å². The van der Waals surface area contributed by atoms with Gasteiger partial charge < -0.3 is 20.7 Å². The van der Waals surface area contributed by atoms with Crippen molar-refractivity contribution in [1.82, 2.24) is 10.2 Å². The monoisotopic (exact) mass is 503 g/mol. The molecule has 34 heavy (non-hydrogen) atoms. The Balaban J connectivity index is 1.39. The summed E-state index contributed by atoms with van der Waals surface area (Å²) in [5.74, 6) is -0.450. The van der Waals surface area contributed by atoms with Gasteiger partial charge in [0.1, 0.15) is 5.75 Å². The van der Waals surface area contributed by atoms with Crippen LogP contribution >= 0.6 is 23.2 Å². The average Bonchev–Trinajstić information content (AvgIpc) is 3.05. The molecule has 2 aliphatic heterocycles. The SMILES string of the molecule is CC(C)(Oc1ccc(Cl)cc1Cl)C(=O)N[C@H]1C[C@H]2CC[C@@H](C1)N2C(=O)c1ccc(C(N)=O)cc1. The molecule has 180 valence electrons. The number of hydrogen-bond acceptors (Lipinski definition) is 4. The Labute approximate surface area is 208 Å². The number of carbonyl (C=O) groups excluding carboxylic acids is 3. The Morgan fingerprint density at radius 3 is 2.15 bits per heavy atom. The first-order valence-corrected chi connectivity index (χ1v) is 12.0. The van der Waals surface area contributed by atoms with E-state index in [1.54, 1.807) is 56.3 Å². The van der Waals surface area contributed by atoms with E-state index in [1.165, 1.54) is 0 Å². The smallest absolute Gasteiger partial charge is 0.263 e. The minimum absolute atomic E-state index is 0.0436. The fourth-order valence-electron chi connectivity index (χ4n) is 4.79. The van der Waals surface area contributed by atoms with Crippen molar-refractivity contribution in [1.29, 1.82) is 0 Å². The molecule has 3 amide bonds. The lowest BCUT2D eigenvalue weighted by atomic mass is 9.95. The van der Waals surface area contributed by atoms with Crippen LogP contribution in [0.25, 0.3) is 0 Å². The average molecular weight is 504 g/mol. The van der Waals surface area contributed by atoms with Gasteiger partial charge in [-0.05, 0) is 82.0 Å². The van der Waals surface area contributed by atoms with Crippen LogP contribution in [0, 0.1) is 0 Å². The molecule has 2 heterocycles. The molecule has 0 unspecified atom stereocenters. The third-order valence-electron chi connectivity index (χ3n) is 6.53. The number of nitrogens with zero attached hydrogens (tertiary/aromatic N) is 1. The van der Waals surface area contributed by atoms with Gasteiger partial charge in [-0.25, -0.2) is 0 Å². The molecule has 2 aliphatic rings. The molecule has 7 nitrogen and oxygen atoms in total. The minimum atomic E-state index is -1.15. The summed E-state index contributed by atoms with van der Waals surface area (Å²) in [5.41, 5.74) is 5.04. The van der Waals surface area contributed by atoms with Gasteiger partial charge >= 0.3 is 0 Å². The number of amides is 3. The van der Waals surface area contributed by atoms with Crippen molar-refractivity contribution in [3.05, 3.63) is 63.6 Å². The number of ether oxygens (including phenoxy) is 1. The molecule has 0 aromatic heterocycles. The van der Waals surface area contributed by atoms with Crippen molar-refractivity contribution in [3.63, 3.8) is 0 Å². The highest BCUT2D eigenvalue weighted by Crippen LogP contribution is 2.37. The predicted molar refractivity (Wildman–Crippen MR) is 130 cm³/mol. The Kier molecular flexibility index (Phi) is 6.78. The fraction of sp³-hybridized carbons (Fsp3) is 0.400. The largest absolute Gasteiger partial charge is 0.476 e. The number of rotatable bonds is 6. The van der Waals surface area contributed by atoms with Crippen LogP contribution in [0.2, 0.25) is 10.0 Å². The number of fused-ring (bicyclic) bond motifs is 2. The zero-order valence-electron chi connectivity index (χ0n) is 19.0. The number of halogens is 2. The highest BCUT2D eigenvalue weighted by molar-refractivity contribution is 6.35. The normalized spacial score (nSPS) is 21.8. The van der Waals surface area contributed by atoms with Crippen molar-refractivity contribution in [2.24, 2.45) is 5.73 Å². The Morgan fingerprint density at radius 1 is 1.00 bits per heavy atom. The molecular formula is C25H27Cl2N3O4. The Morgan fingerprint density at radius 2 is 1.59 bits per heavy atom. The molecule has 2 aromatic carbocycles. The summed E-state index contributed by atoms with van der Waals surface area (Å²) < 4.78 is 5.90. The standard InChI is InChI=1S/C25H27Cl2N3O4/c1-25(2,34-21-10-7-16(26)11-20(21)27)24(33)29-17-12-18-8-9-19(13-17)30(18)23(32)15-5-3-14(4-6-15)22(28)31/h3-7,10-11,17-19H,8-9,12-13H2,1-2H3,(H2,28,31)(H,29,33)/t17-,18+,19-. The number of carbonyl (C=O) groups is 3. The highest BCUT2D eigenvalue weighted by atomic mass is 35.5. The molecule has 4 rings (SSSR count). The number of primary amides is 1. The van der Waals surface area contributed by atoms with Gasteiger partial charge in [-0.1, -0.05) is 23.2 Å². The molecule has 3 N–H and O–H groups in total. The Hall–Kier alpha value is -2.77. The molecular weight excluding hydrogens is 477 g/mol. The van der Waals surface area contributed by atoms with E-state index in [-0.39, 0.29) is 29.9 Å². The molecule has 2 saturated heterocycles. The lowest BCUT2D eigenvalue weighted by molar-refractivity contribution is -0.135. The zero-order chi connectivity index (χ0) is 24.6. The van der Waals surface area contributed by atoms with Gasteiger partial charge in [0.05, 0.1) is 5.02 Å². The van der Waals surface area contributed by atoms with E-state index in [1.807, 2.05) is 4.90 Å². The van der Waals surface area contributed by atoms with Gasteiger partial charge in [0.2, 0.25) is 5.91 Å². The van der Waals surface area contributed by atoms with Crippen LogP contribution in [0.5, 0.6) is 5.75 Å². The number of nitrogens with one attached hydrogen (secondary N) is 1. The van der Waals surface area contributed by atoms with Crippen LogP contribution in [0.15, 0.2) is 42.5 Å². The Bertz CT molecular complexity index is 1110. The lowest BCUT2D eigenvalue weighted by Gasteiger charge is -2.40. The van der Waals surface area contributed by atoms with Crippen molar-refractivity contribution < 1.29 is 19.1 Å². The quantitative estimate of drug-likeness (QED) is 0.616. The maximum atomic E-state index is 13.2. The zero-order valence-corrected chi connectivity index (χ0v) is 20.5. The first-order chi connectivity index (χ1) is 16.0. The van der Waals surface area contributed by atoms with Gasteiger partial charge in [-0.2, -0.15) is 0 Å². The van der Waals surface area contributed by atoms with E-state index >= 15 is 0 Å². The summed E-state index contributed by atoms with van der Waals surface area (Å²) in [5, 5.41) is 3.93. The lowest BCUT2D eigenvalue weighted by Crippen LogP contribution is -2.56. The molecule has 2 aromatic rings. The van der Waals surface area contributed by atoms with Crippen molar-refractivity contribution in [2.75, 3.05) is 0 Å². The van der Waals surface area contributed by atoms with Crippen LogP contribution < -0.4 is 15.8 Å². The van der Waals surface area contributed by atoms with Crippen molar-refractivity contribution >= 4 is 40.9 Å². The molecule has 2 bridgehead atoms. The highest BCUT2D eigenvalue weighted by Gasteiger charge is 2.44. The fourth-order valence-corrected chi connectivity index (χ4v) is 5.24. The van der Waals surface area contributed by atoms with E-state index in [4.69, 9.17) is 33.7 Å². The van der Waals surface area contributed by atoms with E-state index in [9.17, 15) is 14.4 Å². The van der Waals surface area contributed by atoms with E-state index in [2.05, 4.69) is 5.32 Å². The third-order valence-corrected chi connectivity index (χ3v) is 7.06. The van der Waals surface area contributed by atoms with Crippen LogP contribution in [-0.4, -0.2) is 46.3 Å². The molecule has 0 saturated carbocycles. The second kappa shape index (κ2) is 9.47. The van der Waals surface area contributed by atoms with Gasteiger partial charge in [-0.3, -0.25) is 14.4 Å². The molecule has 0 radical (unpaired) electrons. The van der Waals surface area contributed by atoms with Crippen LogP contribution in [0.3, 0.4) is 0 Å². The van der Waals surface area contributed by atoms with Crippen LogP contribution in [-0.2, 0) is 4.79 Å². The summed E-state index contributed by atoms with van der Waals surface area (Å²) in [7, 11) is 0. The van der Waals surface area contributed by atoms with E-state index < -0.39 is 11.5 Å². The number of nitrogens with two attached hydrogens (primary N) is 1. The number of piperidine rings is 1. The molecule has 2 fully saturated rings. The summed E-state index contributed by atoms with van der Waals surface area (Å²) in [6.07, 6.45) is 3.13. The molecule has 0 spiro atoms. The van der Waals surface area contributed by atoms with Gasteiger partial charge in [0.15, 0.2) is 5.60 Å². The van der Waals surface area contributed by atoms with Crippen molar-refractivity contribution in [2.45, 2.75) is 63.3 Å². The minimum Gasteiger partial charge on any atom is -0.476 e. The summed E-state index contributed by atoms with van der Waals surface area (Å²) in [6, 6.07) is 11.3. The second-order valence-electron chi connectivity index (χ2n) is 9.37. The van der Waals surface area contributed by atoms with Crippen molar-refractivity contribution in [3.8, 4) is 5.75 Å². The van der Waals surface area contributed by atoms with E-state index in [0.717, 1.165) is 12.8 Å². The first-order valence-electron chi connectivity index (χ1n) is 11.2. The number of benzene rings is 2. The molecule has 9 heteroatoms. The van der Waals surface area contributed by atoms with Crippen LogP contribution in [0.1, 0.15) is 60.2 Å².